The van der Waals surface area contributed by atoms with Crippen LogP contribution in [0.25, 0.3) is 0 Å². The van der Waals surface area contributed by atoms with Crippen molar-refractivity contribution in [3.8, 4) is 5.75 Å². The molecule has 5 heteroatoms. The number of rotatable bonds is 9. The lowest BCUT2D eigenvalue weighted by molar-refractivity contribution is 0.170. The molecule has 198 valence electrons. The second-order valence-electron chi connectivity index (χ2n) is 11.2. The van der Waals surface area contributed by atoms with E-state index in [-0.39, 0.29) is 6.10 Å². The number of hydrogen-bond donors (Lipinski definition) is 0. The average Bonchev–Trinajstić information content (AvgIpc) is 2.88. The zero-order chi connectivity index (χ0) is 26.5. The number of ether oxygens (including phenoxy) is 1. The van der Waals surface area contributed by atoms with E-state index in [0.29, 0.717) is 17.8 Å². The van der Waals surface area contributed by atoms with E-state index in [4.69, 9.17) is 9.72 Å². The van der Waals surface area contributed by atoms with E-state index < -0.39 is 0 Å². The molecule has 0 unspecified atom stereocenters. The van der Waals surface area contributed by atoms with Gasteiger partial charge in [-0.25, -0.2) is 4.98 Å². The number of aryl methyl sites for hydroxylation is 2. The van der Waals surface area contributed by atoms with Gasteiger partial charge in [-0.1, -0.05) is 53.7 Å². The molecule has 1 aliphatic rings. The van der Waals surface area contributed by atoms with Crippen LogP contribution in [0.4, 0.5) is 5.82 Å². The zero-order valence-corrected chi connectivity index (χ0v) is 24.9. The molecule has 1 aromatic carbocycles. The summed E-state index contributed by atoms with van der Waals surface area (Å²) in [5.74, 6) is 3.49. The molecular formula is C32H42BrN3O. The first kappa shape index (κ1) is 27.6. The van der Waals surface area contributed by atoms with Crippen LogP contribution in [-0.4, -0.2) is 29.2 Å². The Balaban J connectivity index is 1.35. The standard InChI is InChI=1S/C32H42BrN3O/c1-21(2)29-13-8-24(31(22(3)4)32(29)23(5)6)7-10-26-11-12-28(20-34-26)37-27-15-17-36(18-16-27)30-14-9-25(33)19-35-30/h8-9,11-14,19-23,27H,7,10,15-18H2,1-6H3. The molecule has 0 aliphatic carbocycles. The normalized spacial score (nSPS) is 14.7. The lowest BCUT2D eigenvalue weighted by Crippen LogP contribution is -2.38. The number of nitrogens with zero attached hydrogens (tertiary/aromatic N) is 3. The van der Waals surface area contributed by atoms with E-state index >= 15 is 0 Å². The van der Waals surface area contributed by atoms with Crippen LogP contribution in [0.5, 0.6) is 5.75 Å². The van der Waals surface area contributed by atoms with Gasteiger partial charge in [0.2, 0.25) is 0 Å². The van der Waals surface area contributed by atoms with Crippen LogP contribution < -0.4 is 9.64 Å². The third-order valence-corrected chi connectivity index (χ3v) is 7.89. The number of benzene rings is 1. The molecular weight excluding hydrogens is 522 g/mol. The Bertz CT molecular complexity index is 1150. The largest absolute Gasteiger partial charge is 0.489 e. The Morgan fingerprint density at radius 2 is 1.54 bits per heavy atom. The summed E-state index contributed by atoms with van der Waals surface area (Å²) in [6, 6.07) is 13.1. The molecule has 0 amide bonds. The Labute approximate surface area is 232 Å². The quantitative estimate of drug-likeness (QED) is 0.261. The Morgan fingerprint density at radius 3 is 2.11 bits per heavy atom. The highest BCUT2D eigenvalue weighted by Gasteiger charge is 2.22. The molecule has 0 spiro atoms. The van der Waals surface area contributed by atoms with Gasteiger partial charge in [0.25, 0.3) is 0 Å². The molecule has 4 rings (SSSR count). The molecule has 37 heavy (non-hydrogen) atoms. The van der Waals surface area contributed by atoms with Crippen molar-refractivity contribution in [3.63, 3.8) is 0 Å². The van der Waals surface area contributed by atoms with Crippen molar-refractivity contribution in [1.82, 2.24) is 9.97 Å². The zero-order valence-electron chi connectivity index (χ0n) is 23.3. The highest BCUT2D eigenvalue weighted by Crippen LogP contribution is 2.36. The van der Waals surface area contributed by atoms with E-state index in [0.717, 1.165) is 60.5 Å². The second kappa shape index (κ2) is 12.4. The van der Waals surface area contributed by atoms with Gasteiger partial charge in [0, 0.05) is 42.3 Å². The highest BCUT2D eigenvalue weighted by atomic mass is 79.9. The van der Waals surface area contributed by atoms with Crippen LogP contribution in [0.1, 0.15) is 100 Å². The molecule has 3 aromatic rings. The number of halogens is 1. The summed E-state index contributed by atoms with van der Waals surface area (Å²) in [6.45, 7) is 15.9. The molecule has 0 N–H and O–H groups in total. The van der Waals surface area contributed by atoms with Crippen LogP contribution in [0.2, 0.25) is 0 Å². The molecule has 0 bridgehead atoms. The Hall–Kier alpha value is -2.40. The van der Waals surface area contributed by atoms with E-state index in [1.54, 1.807) is 11.1 Å². The molecule has 0 atom stereocenters. The minimum atomic E-state index is 0.224. The van der Waals surface area contributed by atoms with Gasteiger partial charge >= 0.3 is 0 Å². The van der Waals surface area contributed by atoms with Crippen molar-refractivity contribution in [1.29, 1.82) is 0 Å². The SMILES string of the molecule is CC(C)c1ccc(CCc2ccc(OC3CCN(c4ccc(Br)cn4)CC3)cn2)c(C(C)C)c1C(C)C. The minimum Gasteiger partial charge on any atom is -0.489 e. The maximum absolute atomic E-state index is 6.29. The van der Waals surface area contributed by atoms with Gasteiger partial charge in [-0.3, -0.25) is 4.98 Å². The van der Waals surface area contributed by atoms with Crippen LogP contribution in [0, 0.1) is 0 Å². The van der Waals surface area contributed by atoms with Gasteiger partial charge in [0.15, 0.2) is 0 Å². The van der Waals surface area contributed by atoms with Crippen LogP contribution in [0.3, 0.4) is 0 Å². The van der Waals surface area contributed by atoms with E-state index in [1.165, 1.54) is 11.1 Å². The summed E-state index contributed by atoms with van der Waals surface area (Å²) >= 11 is 3.46. The fourth-order valence-corrected chi connectivity index (χ4v) is 5.82. The molecule has 1 fully saturated rings. The fourth-order valence-electron chi connectivity index (χ4n) is 5.59. The van der Waals surface area contributed by atoms with Crippen LogP contribution >= 0.6 is 15.9 Å². The molecule has 3 heterocycles. The summed E-state index contributed by atoms with van der Waals surface area (Å²) in [5, 5.41) is 0. The van der Waals surface area contributed by atoms with Gasteiger partial charge in [0.05, 0.1) is 6.20 Å². The maximum atomic E-state index is 6.29. The first-order valence-electron chi connectivity index (χ1n) is 13.9. The molecule has 0 saturated carbocycles. The number of piperidine rings is 1. The first-order chi connectivity index (χ1) is 17.7. The molecule has 2 aromatic heterocycles. The minimum absolute atomic E-state index is 0.224. The lowest BCUT2D eigenvalue weighted by Gasteiger charge is -2.32. The highest BCUT2D eigenvalue weighted by molar-refractivity contribution is 9.10. The van der Waals surface area contributed by atoms with Crippen molar-refractivity contribution in [2.45, 2.75) is 91.1 Å². The van der Waals surface area contributed by atoms with Crippen molar-refractivity contribution in [2.24, 2.45) is 0 Å². The van der Waals surface area contributed by atoms with Crippen LogP contribution in [-0.2, 0) is 12.8 Å². The predicted molar refractivity (Wildman–Crippen MR) is 158 cm³/mol. The number of anilines is 1. The molecule has 4 nitrogen and oxygen atoms in total. The summed E-state index contributed by atoms with van der Waals surface area (Å²) < 4.78 is 7.30. The summed E-state index contributed by atoms with van der Waals surface area (Å²) in [4.78, 5) is 11.6. The van der Waals surface area contributed by atoms with Gasteiger partial charge in [0.1, 0.15) is 17.7 Å². The van der Waals surface area contributed by atoms with Crippen molar-refractivity contribution in [2.75, 3.05) is 18.0 Å². The first-order valence-corrected chi connectivity index (χ1v) is 14.7. The van der Waals surface area contributed by atoms with E-state index in [1.807, 2.05) is 18.5 Å². The maximum Gasteiger partial charge on any atom is 0.138 e. The second-order valence-corrected chi connectivity index (χ2v) is 12.1. The molecule has 0 radical (unpaired) electrons. The van der Waals surface area contributed by atoms with Crippen molar-refractivity contribution < 1.29 is 4.74 Å². The topological polar surface area (TPSA) is 38.2 Å². The third kappa shape index (κ3) is 6.93. The monoisotopic (exact) mass is 563 g/mol. The van der Waals surface area contributed by atoms with Gasteiger partial charge in [-0.15, -0.1) is 0 Å². The lowest BCUT2D eigenvalue weighted by atomic mass is 9.80. The van der Waals surface area contributed by atoms with Gasteiger partial charge in [-0.05, 0) is 93.0 Å². The number of hydrogen-bond acceptors (Lipinski definition) is 4. The average molecular weight is 565 g/mol. The van der Waals surface area contributed by atoms with Gasteiger partial charge < -0.3 is 9.64 Å². The molecule has 1 aliphatic heterocycles. The number of pyridine rings is 2. The fraction of sp³-hybridized carbons (Fsp3) is 0.500. The van der Waals surface area contributed by atoms with E-state index in [2.05, 4.69) is 97.7 Å². The van der Waals surface area contributed by atoms with Crippen LogP contribution in [0.15, 0.2) is 53.3 Å². The number of aromatic nitrogens is 2. The van der Waals surface area contributed by atoms with Gasteiger partial charge in [-0.2, -0.15) is 0 Å². The van der Waals surface area contributed by atoms with Crippen molar-refractivity contribution >= 4 is 21.7 Å². The molecule has 1 saturated heterocycles. The summed E-state index contributed by atoms with van der Waals surface area (Å²) in [5.41, 5.74) is 7.20. The summed E-state index contributed by atoms with van der Waals surface area (Å²) in [6.07, 6.45) is 7.92. The summed E-state index contributed by atoms with van der Waals surface area (Å²) in [7, 11) is 0. The Kier molecular flexibility index (Phi) is 9.28. The predicted octanol–water partition coefficient (Wildman–Crippen LogP) is 8.44. The van der Waals surface area contributed by atoms with Crippen molar-refractivity contribution in [3.05, 3.63) is 81.2 Å². The Morgan fingerprint density at radius 1 is 0.811 bits per heavy atom. The van der Waals surface area contributed by atoms with E-state index in [9.17, 15) is 0 Å². The smallest absolute Gasteiger partial charge is 0.138 e. The third-order valence-electron chi connectivity index (χ3n) is 7.42.